The Morgan fingerprint density at radius 3 is 1.95 bits per heavy atom. The standard InChI is InChI=1S/C12H18O9/c1-5(13)18-4-8-10(19-6(2)14)11(20-7(3)15)9(16)12(17)21-8/h8-12,16-17H,4H2,1-3H3/t8?,9-,10-,11?,12-/m0/s1. The summed E-state index contributed by atoms with van der Waals surface area (Å²) in [5.74, 6) is -2.06. The van der Waals surface area contributed by atoms with Crippen molar-refractivity contribution in [3.05, 3.63) is 0 Å². The molecule has 1 saturated heterocycles. The molecule has 1 heterocycles. The summed E-state index contributed by atoms with van der Waals surface area (Å²) in [6.45, 7) is 3.04. The summed E-state index contributed by atoms with van der Waals surface area (Å²) in [5, 5.41) is 19.4. The maximum atomic E-state index is 11.1. The SMILES string of the molecule is CC(=O)OCC1O[C@H](O)[C@@H](O)C(OC(C)=O)[C@H]1OC(C)=O. The average molecular weight is 306 g/mol. The molecule has 2 N–H and O–H groups in total. The Balaban J connectivity index is 2.94. The van der Waals surface area contributed by atoms with E-state index in [1.165, 1.54) is 6.92 Å². The van der Waals surface area contributed by atoms with Gasteiger partial charge in [0.1, 0.15) is 18.8 Å². The molecule has 9 heteroatoms. The molecule has 0 aromatic heterocycles. The Morgan fingerprint density at radius 1 is 0.952 bits per heavy atom. The van der Waals surface area contributed by atoms with Gasteiger partial charge in [-0.2, -0.15) is 0 Å². The van der Waals surface area contributed by atoms with Crippen LogP contribution >= 0.6 is 0 Å². The minimum absolute atomic E-state index is 0.338. The summed E-state index contributed by atoms with van der Waals surface area (Å²) in [4.78, 5) is 33.1. The van der Waals surface area contributed by atoms with Crippen molar-refractivity contribution in [2.45, 2.75) is 51.5 Å². The Bertz CT molecular complexity index is 408. The molecule has 1 aliphatic heterocycles. The van der Waals surface area contributed by atoms with Crippen LogP contribution in [0.15, 0.2) is 0 Å². The lowest BCUT2D eigenvalue weighted by Crippen LogP contribution is -2.61. The second-order valence-corrected chi connectivity index (χ2v) is 4.51. The second-order valence-electron chi connectivity index (χ2n) is 4.51. The molecule has 1 fully saturated rings. The number of ether oxygens (including phenoxy) is 4. The van der Waals surface area contributed by atoms with Crippen molar-refractivity contribution in [1.82, 2.24) is 0 Å². The maximum Gasteiger partial charge on any atom is 0.303 e. The molecule has 21 heavy (non-hydrogen) atoms. The van der Waals surface area contributed by atoms with Crippen LogP contribution in [0.3, 0.4) is 0 Å². The third kappa shape index (κ3) is 4.96. The average Bonchev–Trinajstić information content (AvgIpc) is 2.35. The molecule has 1 rings (SSSR count). The van der Waals surface area contributed by atoms with Gasteiger partial charge in [0.05, 0.1) is 0 Å². The largest absolute Gasteiger partial charge is 0.463 e. The van der Waals surface area contributed by atoms with Crippen LogP contribution in [0.25, 0.3) is 0 Å². The second kappa shape index (κ2) is 7.34. The predicted octanol–water partition coefficient (Wildman–Crippen LogP) is -1.51. The highest BCUT2D eigenvalue weighted by molar-refractivity contribution is 5.67. The van der Waals surface area contributed by atoms with Crippen LogP contribution in [0.5, 0.6) is 0 Å². The monoisotopic (exact) mass is 306 g/mol. The van der Waals surface area contributed by atoms with Crippen LogP contribution in [0.1, 0.15) is 20.8 Å². The Kier molecular flexibility index (Phi) is 6.06. The highest BCUT2D eigenvalue weighted by atomic mass is 16.7. The van der Waals surface area contributed by atoms with Crippen molar-refractivity contribution in [3.8, 4) is 0 Å². The lowest BCUT2D eigenvalue weighted by atomic mass is 9.98. The van der Waals surface area contributed by atoms with E-state index in [0.29, 0.717) is 0 Å². The summed E-state index contributed by atoms with van der Waals surface area (Å²) in [6.07, 6.45) is -6.92. The van der Waals surface area contributed by atoms with E-state index in [2.05, 4.69) is 0 Å². The summed E-state index contributed by atoms with van der Waals surface area (Å²) in [7, 11) is 0. The third-order valence-corrected chi connectivity index (χ3v) is 2.69. The first-order chi connectivity index (χ1) is 9.72. The molecule has 0 aromatic rings. The number of carbonyl (C=O) groups is 3. The van der Waals surface area contributed by atoms with Gasteiger partial charge in [-0.1, -0.05) is 0 Å². The summed E-state index contributed by atoms with van der Waals surface area (Å²) in [6, 6.07) is 0. The molecular weight excluding hydrogens is 288 g/mol. The number of rotatable bonds is 4. The fraction of sp³-hybridized carbons (Fsp3) is 0.750. The van der Waals surface area contributed by atoms with E-state index in [-0.39, 0.29) is 6.61 Å². The number of carbonyl (C=O) groups excluding carboxylic acids is 3. The van der Waals surface area contributed by atoms with Gasteiger partial charge < -0.3 is 29.2 Å². The van der Waals surface area contributed by atoms with Gasteiger partial charge in [0, 0.05) is 20.8 Å². The number of hydrogen-bond donors (Lipinski definition) is 2. The van der Waals surface area contributed by atoms with Gasteiger partial charge in [-0.25, -0.2) is 0 Å². The van der Waals surface area contributed by atoms with Crippen LogP contribution in [-0.2, 0) is 33.3 Å². The summed E-state index contributed by atoms with van der Waals surface area (Å²) < 4.78 is 19.6. The van der Waals surface area contributed by atoms with Gasteiger partial charge >= 0.3 is 17.9 Å². The highest BCUT2D eigenvalue weighted by Crippen LogP contribution is 2.25. The van der Waals surface area contributed by atoms with E-state index >= 15 is 0 Å². The molecule has 0 saturated carbocycles. The lowest BCUT2D eigenvalue weighted by Gasteiger charge is -2.41. The minimum atomic E-state index is -1.68. The zero-order chi connectivity index (χ0) is 16.2. The number of aliphatic hydroxyl groups is 2. The fourth-order valence-corrected chi connectivity index (χ4v) is 1.90. The van der Waals surface area contributed by atoms with Gasteiger partial charge in [0.25, 0.3) is 0 Å². The molecule has 120 valence electrons. The van der Waals surface area contributed by atoms with E-state index in [1.807, 2.05) is 0 Å². The highest BCUT2D eigenvalue weighted by Gasteiger charge is 2.49. The van der Waals surface area contributed by atoms with Crippen LogP contribution in [0, 0.1) is 0 Å². The molecule has 0 spiro atoms. The van der Waals surface area contributed by atoms with Crippen LogP contribution in [0.2, 0.25) is 0 Å². The van der Waals surface area contributed by atoms with E-state index < -0.39 is 48.6 Å². The normalized spacial score (nSPS) is 32.1. The Morgan fingerprint density at radius 2 is 1.48 bits per heavy atom. The fourth-order valence-electron chi connectivity index (χ4n) is 1.90. The van der Waals surface area contributed by atoms with Crippen molar-refractivity contribution in [2.75, 3.05) is 6.61 Å². The van der Waals surface area contributed by atoms with Crippen LogP contribution in [0.4, 0.5) is 0 Å². The number of aliphatic hydroxyl groups excluding tert-OH is 2. The molecule has 0 bridgehead atoms. The minimum Gasteiger partial charge on any atom is -0.463 e. The van der Waals surface area contributed by atoms with Crippen molar-refractivity contribution >= 4 is 17.9 Å². The first-order valence-electron chi connectivity index (χ1n) is 6.21. The molecule has 2 unspecified atom stereocenters. The van der Waals surface area contributed by atoms with E-state index in [1.54, 1.807) is 0 Å². The number of esters is 3. The van der Waals surface area contributed by atoms with E-state index in [0.717, 1.165) is 13.8 Å². The van der Waals surface area contributed by atoms with Gasteiger partial charge in [0.15, 0.2) is 18.5 Å². The summed E-state index contributed by atoms with van der Waals surface area (Å²) in [5.41, 5.74) is 0. The zero-order valence-electron chi connectivity index (χ0n) is 11.8. The van der Waals surface area contributed by atoms with Gasteiger partial charge in [-0.05, 0) is 0 Å². The molecule has 0 aliphatic carbocycles. The predicted molar refractivity (Wildman–Crippen MR) is 64.6 cm³/mol. The first kappa shape index (κ1) is 17.3. The molecule has 5 atom stereocenters. The van der Waals surface area contributed by atoms with Gasteiger partial charge in [-0.3, -0.25) is 14.4 Å². The third-order valence-electron chi connectivity index (χ3n) is 2.69. The maximum absolute atomic E-state index is 11.1. The zero-order valence-corrected chi connectivity index (χ0v) is 11.8. The summed E-state index contributed by atoms with van der Waals surface area (Å²) >= 11 is 0. The van der Waals surface area contributed by atoms with Crippen molar-refractivity contribution in [2.24, 2.45) is 0 Å². The van der Waals surface area contributed by atoms with Crippen molar-refractivity contribution in [3.63, 3.8) is 0 Å². The first-order valence-corrected chi connectivity index (χ1v) is 6.21. The van der Waals surface area contributed by atoms with Gasteiger partial charge in [-0.15, -0.1) is 0 Å². The lowest BCUT2D eigenvalue weighted by molar-refractivity contribution is -0.293. The van der Waals surface area contributed by atoms with Crippen LogP contribution in [-0.4, -0.2) is 65.4 Å². The molecule has 0 aromatic carbocycles. The van der Waals surface area contributed by atoms with E-state index in [9.17, 15) is 24.6 Å². The Labute approximate surface area is 120 Å². The van der Waals surface area contributed by atoms with Crippen molar-refractivity contribution < 1.29 is 43.5 Å². The molecular formula is C12H18O9. The smallest absolute Gasteiger partial charge is 0.303 e. The number of hydrogen-bond acceptors (Lipinski definition) is 9. The molecule has 0 radical (unpaired) electrons. The van der Waals surface area contributed by atoms with E-state index in [4.69, 9.17) is 18.9 Å². The molecule has 0 amide bonds. The molecule has 1 aliphatic rings. The van der Waals surface area contributed by atoms with Crippen molar-refractivity contribution in [1.29, 1.82) is 0 Å². The quantitative estimate of drug-likeness (QED) is 0.470. The van der Waals surface area contributed by atoms with Crippen LogP contribution < -0.4 is 0 Å². The van der Waals surface area contributed by atoms with Gasteiger partial charge in [0.2, 0.25) is 0 Å². The Hall–Kier alpha value is -1.71. The molecule has 9 nitrogen and oxygen atoms in total. The topological polar surface area (TPSA) is 129 Å².